The van der Waals surface area contributed by atoms with Crippen molar-refractivity contribution in [1.29, 1.82) is 0 Å². The molecule has 2 nitrogen and oxygen atoms in total. The van der Waals surface area contributed by atoms with Crippen molar-refractivity contribution in [3.63, 3.8) is 0 Å². The van der Waals surface area contributed by atoms with Crippen molar-refractivity contribution < 1.29 is 17.8 Å². The average molecular weight is 349 g/mol. The SMILES string of the molecule is O=C(CS(=O)c1ccc(Cl)c(Cl)c1)c1cc(F)ccc1F. The van der Waals surface area contributed by atoms with Gasteiger partial charge in [0.25, 0.3) is 0 Å². The minimum absolute atomic E-state index is 0.201. The standard InChI is InChI=1S/C14H8Cl2F2O2S/c15-11-3-2-9(6-12(11)16)21(20)7-14(19)10-5-8(17)1-4-13(10)18/h1-6H,7H2. The predicted molar refractivity (Wildman–Crippen MR) is 78.4 cm³/mol. The molecule has 21 heavy (non-hydrogen) atoms. The summed E-state index contributed by atoms with van der Waals surface area (Å²) < 4.78 is 38.6. The molecule has 0 radical (unpaired) electrons. The van der Waals surface area contributed by atoms with Crippen molar-refractivity contribution in [2.75, 3.05) is 5.75 Å². The lowest BCUT2D eigenvalue weighted by Gasteiger charge is -2.05. The zero-order valence-corrected chi connectivity index (χ0v) is 12.7. The molecule has 0 aromatic heterocycles. The molecule has 1 unspecified atom stereocenters. The molecule has 0 spiro atoms. The number of Topliss-reactive ketones (excluding diaryl/α,β-unsaturated/α-hetero) is 1. The monoisotopic (exact) mass is 348 g/mol. The molecule has 0 amide bonds. The second-order valence-electron chi connectivity index (χ2n) is 4.11. The Labute approximate surface area is 132 Å². The van der Waals surface area contributed by atoms with Gasteiger partial charge in [0.1, 0.15) is 11.6 Å². The van der Waals surface area contributed by atoms with E-state index in [0.717, 1.165) is 18.2 Å². The Morgan fingerprint density at radius 2 is 1.76 bits per heavy atom. The molecule has 2 aromatic carbocycles. The Kier molecular flexibility index (Phi) is 5.08. The van der Waals surface area contributed by atoms with Crippen molar-refractivity contribution in [3.05, 3.63) is 63.6 Å². The van der Waals surface area contributed by atoms with Gasteiger partial charge in [0, 0.05) is 4.90 Å². The van der Waals surface area contributed by atoms with E-state index in [1.54, 1.807) is 0 Å². The lowest BCUT2D eigenvalue weighted by molar-refractivity contribution is 0.101. The number of rotatable bonds is 4. The van der Waals surface area contributed by atoms with Crippen molar-refractivity contribution >= 4 is 39.8 Å². The summed E-state index contributed by atoms with van der Waals surface area (Å²) in [6.45, 7) is 0. The van der Waals surface area contributed by atoms with Crippen molar-refractivity contribution in [2.24, 2.45) is 0 Å². The zero-order chi connectivity index (χ0) is 15.6. The van der Waals surface area contributed by atoms with Gasteiger partial charge in [-0.2, -0.15) is 0 Å². The molecule has 0 N–H and O–H groups in total. The molecule has 0 aliphatic rings. The maximum absolute atomic E-state index is 13.5. The maximum atomic E-state index is 13.5. The van der Waals surface area contributed by atoms with Crippen LogP contribution in [0, 0.1) is 11.6 Å². The first-order valence-corrected chi connectivity index (χ1v) is 7.77. The van der Waals surface area contributed by atoms with Gasteiger partial charge in [0.2, 0.25) is 0 Å². The number of halogens is 4. The van der Waals surface area contributed by atoms with Gasteiger partial charge in [-0.05, 0) is 36.4 Å². The van der Waals surface area contributed by atoms with E-state index in [-0.39, 0.29) is 9.92 Å². The fraction of sp³-hybridized carbons (Fsp3) is 0.0714. The summed E-state index contributed by atoms with van der Waals surface area (Å²) in [5, 5.41) is 0.492. The molecular weight excluding hydrogens is 341 g/mol. The second kappa shape index (κ2) is 6.64. The highest BCUT2D eigenvalue weighted by Crippen LogP contribution is 2.24. The largest absolute Gasteiger partial charge is 0.293 e. The topological polar surface area (TPSA) is 34.1 Å². The third-order valence-electron chi connectivity index (χ3n) is 2.64. The van der Waals surface area contributed by atoms with Gasteiger partial charge in [-0.15, -0.1) is 0 Å². The Hall–Kier alpha value is -1.30. The molecule has 0 bridgehead atoms. The number of hydrogen-bond acceptors (Lipinski definition) is 2. The fourth-order valence-corrected chi connectivity index (χ4v) is 3.00. The first-order valence-electron chi connectivity index (χ1n) is 5.70. The van der Waals surface area contributed by atoms with E-state index in [1.165, 1.54) is 18.2 Å². The van der Waals surface area contributed by atoms with Crippen molar-refractivity contribution in [2.45, 2.75) is 4.90 Å². The van der Waals surface area contributed by atoms with Crippen LogP contribution in [0.15, 0.2) is 41.3 Å². The number of carbonyl (C=O) groups is 1. The van der Waals surface area contributed by atoms with E-state index >= 15 is 0 Å². The van der Waals surface area contributed by atoms with E-state index < -0.39 is 39.5 Å². The normalized spacial score (nSPS) is 12.2. The molecule has 7 heteroatoms. The van der Waals surface area contributed by atoms with Crippen LogP contribution in [0.1, 0.15) is 10.4 Å². The van der Waals surface area contributed by atoms with Crippen LogP contribution in [0.5, 0.6) is 0 Å². The highest BCUT2D eigenvalue weighted by Gasteiger charge is 2.17. The van der Waals surface area contributed by atoms with E-state index in [1.807, 2.05) is 0 Å². The van der Waals surface area contributed by atoms with Crippen molar-refractivity contribution in [1.82, 2.24) is 0 Å². The van der Waals surface area contributed by atoms with Crippen LogP contribution in [-0.4, -0.2) is 15.7 Å². The molecule has 0 heterocycles. The summed E-state index contributed by atoms with van der Waals surface area (Å²) in [5.41, 5.74) is -0.427. The van der Waals surface area contributed by atoms with Crippen LogP contribution in [0.2, 0.25) is 10.0 Å². The van der Waals surface area contributed by atoms with E-state index in [0.29, 0.717) is 5.02 Å². The first kappa shape index (κ1) is 16.1. The third kappa shape index (κ3) is 3.87. The van der Waals surface area contributed by atoms with E-state index in [2.05, 4.69) is 0 Å². The predicted octanol–water partition coefficient (Wildman–Crippen LogP) is 4.26. The molecule has 1 atom stereocenters. The van der Waals surface area contributed by atoms with Crippen LogP contribution in [-0.2, 0) is 10.8 Å². The van der Waals surface area contributed by atoms with Gasteiger partial charge in [-0.1, -0.05) is 23.2 Å². The smallest absolute Gasteiger partial charge is 0.178 e. The van der Waals surface area contributed by atoms with Crippen LogP contribution in [0.25, 0.3) is 0 Å². The molecule has 0 saturated carbocycles. The maximum Gasteiger partial charge on any atom is 0.178 e. The van der Waals surface area contributed by atoms with Crippen LogP contribution >= 0.6 is 23.2 Å². The van der Waals surface area contributed by atoms with Gasteiger partial charge in [0.15, 0.2) is 5.78 Å². The number of hydrogen-bond donors (Lipinski definition) is 0. The number of benzene rings is 2. The Morgan fingerprint density at radius 3 is 2.43 bits per heavy atom. The highest BCUT2D eigenvalue weighted by molar-refractivity contribution is 7.85. The summed E-state index contributed by atoms with van der Waals surface area (Å²) in [5.74, 6) is -2.82. The minimum atomic E-state index is -1.73. The highest BCUT2D eigenvalue weighted by atomic mass is 35.5. The van der Waals surface area contributed by atoms with Gasteiger partial charge in [-0.25, -0.2) is 8.78 Å². The van der Waals surface area contributed by atoms with Gasteiger partial charge >= 0.3 is 0 Å². The molecule has 0 saturated heterocycles. The quantitative estimate of drug-likeness (QED) is 0.773. The lowest BCUT2D eigenvalue weighted by atomic mass is 10.1. The van der Waals surface area contributed by atoms with Crippen LogP contribution in [0.4, 0.5) is 8.78 Å². The van der Waals surface area contributed by atoms with E-state index in [9.17, 15) is 17.8 Å². The van der Waals surface area contributed by atoms with Gasteiger partial charge in [0.05, 0.1) is 32.2 Å². The van der Waals surface area contributed by atoms with Crippen LogP contribution in [0.3, 0.4) is 0 Å². The summed E-state index contributed by atoms with van der Waals surface area (Å²) in [6.07, 6.45) is 0. The number of ketones is 1. The Bertz CT molecular complexity index is 735. The van der Waals surface area contributed by atoms with E-state index in [4.69, 9.17) is 23.2 Å². The van der Waals surface area contributed by atoms with Crippen LogP contribution < -0.4 is 0 Å². The molecule has 0 fully saturated rings. The number of carbonyl (C=O) groups excluding carboxylic acids is 1. The first-order chi connectivity index (χ1) is 9.88. The van der Waals surface area contributed by atoms with Gasteiger partial charge < -0.3 is 0 Å². The molecule has 2 rings (SSSR count). The molecule has 110 valence electrons. The summed E-state index contributed by atoms with van der Waals surface area (Å²) in [7, 11) is -1.73. The molecule has 0 aliphatic carbocycles. The molecule has 2 aromatic rings. The van der Waals surface area contributed by atoms with Crippen molar-refractivity contribution in [3.8, 4) is 0 Å². The average Bonchev–Trinajstić information content (AvgIpc) is 2.44. The zero-order valence-electron chi connectivity index (χ0n) is 10.4. The lowest BCUT2D eigenvalue weighted by Crippen LogP contribution is -2.13. The third-order valence-corrected chi connectivity index (χ3v) is 4.69. The summed E-state index contributed by atoms with van der Waals surface area (Å²) in [6, 6.07) is 6.81. The fourth-order valence-electron chi connectivity index (χ4n) is 1.61. The molecular formula is C14H8Cl2F2O2S. The molecule has 0 aliphatic heterocycles. The second-order valence-corrected chi connectivity index (χ2v) is 6.38. The summed E-state index contributed by atoms with van der Waals surface area (Å²) >= 11 is 11.5. The Morgan fingerprint density at radius 1 is 1.05 bits per heavy atom. The summed E-state index contributed by atoms with van der Waals surface area (Å²) in [4.78, 5) is 12.2. The minimum Gasteiger partial charge on any atom is -0.293 e. The van der Waals surface area contributed by atoms with Gasteiger partial charge in [-0.3, -0.25) is 9.00 Å². The Balaban J connectivity index is 2.20.